The van der Waals surface area contributed by atoms with Gasteiger partial charge in [0.2, 0.25) is 0 Å². The van der Waals surface area contributed by atoms with E-state index >= 15 is 0 Å². The number of anilines is 1. The van der Waals surface area contributed by atoms with Gasteiger partial charge in [0, 0.05) is 17.8 Å². The highest BCUT2D eigenvalue weighted by Crippen LogP contribution is 2.16. The van der Waals surface area contributed by atoms with Gasteiger partial charge in [-0.3, -0.25) is 4.79 Å². The van der Waals surface area contributed by atoms with Gasteiger partial charge in [-0.15, -0.1) is 0 Å². The molecule has 0 bridgehead atoms. The van der Waals surface area contributed by atoms with Gasteiger partial charge in [0.25, 0.3) is 5.91 Å². The van der Waals surface area contributed by atoms with Crippen LogP contribution in [0.1, 0.15) is 41.3 Å². The molecule has 0 saturated carbocycles. The molecule has 3 nitrogen and oxygen atoms in total. The molecule has 122 valence electrons. The molecule has 0 saturated heterocycles. The highest BCUT2D eigenvalue weighted by atomic mass is 16.1. The van der Waals surface area contributed by atoms with Crippen molar-refractivity contribution in [3.05, 3.63) is 65.2 Å². The first kappa shape index (κ1) is 17.2. The maximum atomic E-state index is 12.3. The average molecular weight is 310 g/mol. The molecular formula is C20H26N2O. The van der Waals surface area contributed by atoms with Crippen LogP contribution in [0.3, 0.4) is 0 Å². The Bertz CT molecular complexity index is 628. The molecule has 0 spiro atoms. The van der Waals surface area contributed by atoms with Gasteiger partial charge in [-0.25, -0.2) is 0 Å². The van der Waals surface area contributed by atoms with Gasteiger partial charge in [-0.05, 0) is 61.8 Å². The van der Waals surface area contributed by atoms with E-state index in [1.807, 2.05) is 36.4 Å². The Labute approximate surface area is 139 Å². The molecule has 0 unspecified atom stereocenters. The van der Waals surface area contributed by atoms with Crippen molar-refractivity contribution < 1.29 is 4.79 Å². The largest absolute Gasteiger partial charge is 0.322 e. The van der Waals surface area contributed by atoms with Crippen molar-refractivity contribution in [2.24, 2.45) is 0 Å². The molecule has 0 fully saturated rings. The van der Waals surface area contributed by atoms with Crippen molar-refractivity contribution in [3.8, 4) is 0 Å². The number of carbonyl (C=O) groups is 1. The van der Waals surface area contributed by atoms with Gasteiger partial charge in [0.15, 0.2) is 0 Å². The van der Waals surface area contributed by atoms with E-state index in [-0.39, 0.29) is 5.91 Å². The number of amides is 1. The predicted octanol–water partition coefficient (Wildman–Crippen LogP) is 4.17. The summed E-state index contributed by atoms with van der Waals surface area (Å²) < 4.78 is 0. The first-order chi connectivity index (χ1) is 11.0. The van der Waals surface area contributed by atoms with Crippen LogP contribution in [-0.4, -0.2) is 31.4 Å². The fourth-order valence-corrected chi connectivity index (χ4v) is 2.33. The van der Waals surface area contributed by atoms with Gasteiger partial charge in [-0.2, -0.15) is 0 Å². The van der Waals surface area contributed by atoms with Crippen molar-refractivity contribution in [3.63, 3.8) is 0 Å². The molecule has 0 atom stereocenters. The number of hydrogen-bond donors (Lipinski definition) is 1. The monoisotopic (exact) mass is 310 g/mol. The number of benzene rings is 2. The van der Waals surface area contributed by atoms with Crippen LogP contribution in [0.25, 0.3) is 0 Å². The summed E-state index contributed by atoms with van der Waals surface area (Å²) >= 11 is 0. The Morgan fingerprint density at radius 1 is 1.00 bits per heavy atom. The zero-order valence-corrected chi connectivity index (χ0v) is 14.5. The standard InChI is InChI=1S/C20H26N2O/c1-15(2)17-7-9-18(10-8-17)20(23)21-19-11-5-16(6-12-19)13-14-22(3)4/h5-12,15H,13-14H2,1-4H3,(H,21,23). The minimum Gasteiger partial charge on any atom is -0.322 e. The summed E-state index contributed by atoms with van der Waals surface area (Å²) in [7, 11) is 4.14. The number of hydrogen-bond acceptors (Lipinski definition) is 2. The van der Waals surface area contributed by atoms with Crippen LogP contribution >= 0.6 is 0 Å². The van der Waals surface area contributed by atoms with E-state index < -0.39 is 0 Å². The van der Waals surface area contributed by atoms with E-state index in [0.29, 0.717) is 11.5 Å². The van der Waals surface area contributed by atoms with Gasteiger partial charge >= 0.3 is 0 Å². The smallest absolute Gasteiger partial charge is 0.255 e. The summed E-state index contributed by atoms with van der Waals surface area (Å²) in [5.41, 5.74) is 4.03. The maximum Gasteiger partial charge on any atom is 0.255 e. The summed E-state index contributed by atoms with van der Waals surface area (Å²) in [5.74, 6) is 0.406. The van der Waals surface area contributed by atoms with Crippen LogP contribution < -0.4 is 5.32 Å². The first-order valence-electron chi connectivity index (χ1n) is 8.10. The van der Waals surface area contributed by atoms with Crippen molar-refractivity contribution in [2.75, 3.05) is 26.0 Å². The third kappa shape index (κ3) is 5.22. The number of likely N-dealkylation sites (N-methyl/N-ethyl adjacent to an activating group) is 1. The Kier molecular flexibility index (Phi) is 5.94. The van der Waals surface area contributed by atoms with Crippen molar-refractivity contribution in [2.45, 2.75) is 26.2 Å². The van der Waals surface area contributed by atoms with Crippen LogP contribution in [-0.2, 0) is 6.42 Å². The van der Waals surface area contributed by atoms with E-state index in [9.17, 15) is 4.79 Å². The molecular weight excluding hydrogens is 284 g/mol. The van der Waals surface area contributed by atoms with Gasteiger partial charge in [0.05, 0.1) is 0 Å². The molecule has 23 heavy (non-hydrogen) atoms. The Hall–Kier alpha value is -2.13. The van der Waals surface area contributed by atoms with Crippen LogP contribution in [0.4, 0.5) is 5.69 Å². The van der Waals surface area contributed by atoms with E-state index in [2.05, 4.69) is 50.3 Å². The minimum atomic E-state index is -0.0682. The number of rotatable bonds is 6. The Balaban J connectivity index is 1.97. The second-order valence-corrected chi connectivity index (χ2v) is 6.48. The Morgan fingerprint density at radius 3 is 2.13 bits per heavy atom. The van der Waals surface area contributed by atoms with E-state index in [0.717, 1.165) is 18.7 Å². The number of nitrogens with zero attached hydrogens (tertiary/aromatic N) is 1. The molecule has 0 aliphatic heterocycles. The SMILES string of the molecule is CC(C)c1ccc(C(=O)Nc2ccc(CCN(C)C)cc2)cc1. The summed E-state index contributed by atoms with van der Waals surface area (Å²) in [6, 6.07) is 15.9. The summed E-state index contributed by atoms with van der Waals surface area (Å²) in [5, 5.41) is 2.95. The third-order valence-electron chi connectivity index (χ3n) is 3.90. The molecule has 0 aromatic heterocycles. The average Bonchev–Trinajstić information content (AvgIpc) is 2.54. The molecule has 2 aromatic rings. The normalized spacial score (nSPS) is 11.0. The molecule has 0 aliphatic carbocycles. The molecule has 0 aliphatic rings. The fraction of sp³-hybridized carbons (Fsp3) is 0.350. The molecule has 1 amide bonds. The molecule has 3 heteroatoms. The summed E-state index contributed by atoms with van der Waals surface area (Å²) in [4.78, 5) is 14.4. The van der Waals surface area contributed by atoms with Gasteiger partial charge in [0.1, 0.15) is 0 Å². The molecule has 1 N–H and O–H groups in total. The van der Waals surface area contributed by atoms with Crippen LogP contribution in [0.2, 0.25) is 0 Å². The zero-order chi connectivity index (χ0) is 16.8. The van der Waals surface area contributed by atoms with E-state index in [1.54, 1.807) is 0 Å². The third-order valence-corrected chi connectivity index (χ3v) is 3.90. The van der Waals surface area contributed by atoms with Crippen LogP contribution in [0, 0.1) is 0 Å². The number of nitrogens with one attached hydrogen (secondary N) is 1. The zero-order valence-electron chi connectivity index (χ0n) is 14.5. The van der Waals surface area contributed by atoms with E-state index in [1.165, 1.54) is 11.1 Å². The topological polar surface area (TPSA) is 32.3 Å². The lowest BCUT2D eigenvalue weighted by Gasteiger charge is -2.10. The molecule has 2 rings (SSSR count). The van der Waals surface area contributed by atoms with Crippen molar-refractivity contribution in [1.82, 2.24) is 4.90 Å². The summed E-state index contributed by atoms with van der Waals surface area (Å²) in [6.07, 6.45) is 1.01. The maximum absolute atomic E-state index is 12.3. The molecule has 2 aromatic carbocycles. The van der Waals surface area contributed by atoms with Crippen molar-refractivity contribution >= 4 is 11.6 Å². The highest BCUT2D eigenvalue weighted by Gasteiger charge is 2.07. The number of carbonyl (C=O) groups excluding carboxylic acids is 1. The quantitative estimate of drug-likeness (QED) is 0.868. The molecule has 0 heterocycles. The van der Waals surface area contributed by atoms with E-state index in [4.69, 9.17) is 0 Å². The Morgan fingerprint density at radius 2 is 1.61 bits per heavy atom. The lowest BCUT2D eigenvalue weighted by Crippen LogP contribution is -2.15. The first-order valence-corrected chi connectivity index (χ1v) is 8.10. The van der Waals surface area contributed by atoms with Crippen molar-refractivity contribution in [1.29, 1.82) is 0 Å². The second-order valence-electron chi connectivity index (χ2n) is 6.48. The predicted molar refractivity (Wildman–Crippen MR) is 97.2 cm³/mol. The van der Waals surface area contributed by atoms with Gasteiger partial charge < -0.3 is 10.2 Å². The van der Waals surface area contributed by atoms with Crippen LogP contribution in [0.15, 0.2) is 48.5 Å². The highest BCUT2D eigenvalue weighted by molar-refractivity contribution is 6.04. The summed E-state index contributed by atoms with van der Waals surface area (Å²) in [6.45, 7) is 5.31. The van der Waals surface area contributed by atoms with Crippen LogP contribution in [0.5, 0.6) is 0 Å². The molecule has 0 radical (unpaired) electrons. The second kappa shape index (κ2) is 7.93. The lowest BCUT2D eigenvalue weighted by atomic mass is 10.0. The minimum absolute atomic E-state index is 0.0682. The van der Waals surface area contributed by atoms with Gasteiger partial charge in [-0.1, -0.05) is 38.1 Å². The lowest BCUT2D eigenvalue weighted by molar-refractivity contribution is 0.102. The fourth-order valence-electron chi connectivity index (χ4n) is 2.33.